The molecule has 0 aromatic heterocycles. The largest absolute Gasteiger partial charge is 0.493 e. The molecule has 0 saturated heterocycles. The molecule has 0 heterocycles. The van der Waals surface area contributed by atoms with Gasteiger partial charge >= 0.3 is 0 Å². The molecule has 0 unspecified atom stereocenters. The third-order valence-electron chi connectivity index (χ3n) is 2.09. The zero-order valence-corrected chi connectivity index (χ0v) is 9.25. The van der Waals surface area contributed by atoms with Gasteiger partial charge in [-0.2, -0.15) is 0 Å². The summed E-state index contributed by atoms with van der Waals surface area (Å²) in [6.07, 6.45) is 7.46. The normalized spacial score (nSPS) is 9.40. The van der Waals surface area contributed by atoms with Crippen LogP contribution in [0.1, 0.15) is 25.3 Å². The van der Waals surface area contributed by atoms with Gasteiger partial charge in [0.2, 0.25) is 0 Å². The summed E-state index contributed by atoms with van der Waals surface area (Å²) in [7, 11) is 1.62. The minimum absolute atomic E-state index is 0.695. The Morgan fingerprint density at radius 3 is 2.73 bits per heavy atom. The number of ether oxygens (including phenoxy) is 2. The average molecular weight is 204 g/mol. The zero-order chi connectivity index (χ0) is 11.1. The van der Waals surface area contributed by atoms with E-state index in [1.807, 2.05) is 18.2 Å². The van der Waals surface area contributed by atoms with Crippen LogP contribution in [0.25, 0.3) is 0 Å². The van der Waals surface area contributed by atoms with Crippen LogP contribution in [0, 0.1) is 12.3 Å². The molecule has 15 heavy (non-hydrogen) atoms. The van der Waals surface area contributed by atoms with Crippen LogP contribution >= 0.6 is 0 Å². The van der Waals surface area contributed by atoms with Crippen molar-refractivity contribution < 1.29 is 9.47 Å². The van der Waals surface area contributed by atoms with Crippen molar-refractivity contribution in [2.75, 3.05) is 13.7 Å². The van der Waals surface area contributed by atoms with Gasteiger partial charge in [-0.15, -0.1) is 6.42 Å². The molecular weight excluding hydrogens is 188 g/mol. The van der Waals surface area contributed by atoms with Crippen molar-refractivity contribution in [2.45, 2.75) is 19.8 Å². The Morgan fingerprint density at radius 1 is 1.33 bits per heavy atom. The fraction of sp³-hybridized carbons (Fsp3) is 0.385. The quantitative estimate of drug-likeness (QED) is 0.542. The van der Waals surface area contributed by atoms with Crippen LogP contribution < -0.4 is 9.47 Å². The van der Waals surface area contributed by atoms with Crippen LogP contribution in [0.15, 0.2) is 18.2 Å². The highest BCUT2D eigenvalue weighted by Crippen LogP contribution is 2.27. The first-order valence-corrected chi connectivity index (χ1v) is 5.09. The Bertz CT molecular complexity index is 350. The number of hydrogen-bond donors (Lipinski definition) is 0. The van der Waals surface area contributed by atoms with Gasteiger partial charge in [-0.1, -0.05) is 19.3 Å². The molecule has 0 saturated carbocycles. The molecule has 0 amide bonds. The predicted molar refractivity (Wildman–Crippen MR) is 61.3 cm³/mol. The summed E-state index contributed by atoms with van der Waals surface area (Å²) in [6, 6.07) is 5.50. The topological polar surface area (TPSA) is 18.5 Å². The van der Waals surface area contributed by atoms with Crippen molar-refractivity contribution in [3.63, 3.8) is 0 Å². The lowest BCUT2D eigenvalue weighted by molar-refractivity contribution is 0.288. The Morgan fingerprint density at radius 2 is 2.13 bits per heavy atom. The summed E-state index contributed by atoms with van der Waals surface area (Å²) < 4.78 is 10.8. The van der Waals surface area contributed by atoms with E-state index in [4.69, 9.17) is 15.9 Å². The van der Waals surface area contributed by atoms with Gasteiger partial charge in [0.25, 0.3) is 0 Å². The van der Waals surface area contributed by atoms with Crippen molar-refractivity contribution in [1.82, 2.24) is 0 Å². The summed E-state index contributed by atoms with van der Waals surface area (Å²) in [6.45, 7) is 2.82. The second kappa shape index (κ2) is 5.98. The SMILES string of the molecule is C#Cc1ccc(OC)c(OCCCC)c1. The fourth-order valence-corrected chi connectivity index (χ4v) is 1.21. The number of hydrogen-bond acceptors (Lipinski definition) is 2. The minimum Gasteiger partial charge on any atom is -0.493 e. The Balaban J connectivity index is 2.78. The van der Waals surface area contributed by atoms with Gasteiger partial charge in [0.1, 0.15) is 0 Å². The van der Waals surface area contributed by atoms with Crippen molar-refractivity contribution in [1.29, 1.82) is 0 Å². The molecule has 1 aromatic rings. The molecule has 0 radical (unpaired) electrons. The lowest BCUT2D eigenvalue weighted by Gasteiger charge is -2.10. The number of terminal acetylenes is 1. The van der Waals surface area contributed by atoms with E-state index in [1.54, 1.807) is 7.11 Å². The highest BCUT2D eigenvalue weighted by Gasteiger charge is 2.04. The molecular formula is C13H16O2. The van der Waals surface area contributed by atoms with Crippen molar-refractivity contribution >= 4 is 0 Å². The van der Waals surface area contributed by atoms with Gasteiger partial charge in [0, 0.05) is 5.56 Å². The second-order valence-corrected chi connectivity index (χ2v) is 3.21. The first-order valence-electron chi connectivity index (χ1n) is 5.09. The van der Waals surface area contributed by atoms with Gasteiger partial charge in [0.05, 0.1) is 13.7 Å². The van der Waals surface area contributed by atoms with E-state index < -0.39 is 0 Å². The summed E-state index contributed by atoms with van der Waals surface area (Å²) in [5.74, 6) is 4.02. The summed E-state index contributed by atoms with van der Waals surface area (Å²) in [5.41, 5.74) is 0.808. The lowest BCUT2D eigenvalue weighted by atomic mass is 10.2. The predicted octanol–water partition coefficient (Wildman–Crippen LogP) is 2.86. The van der Waals surface area contributed by atoms with E-state index in [9.17, 15) is 0 Å². The molecule has 80 valence electrons. The molecule has 0 aliphatic rings. The molecule has 0 aliphatic heterocycles. The Labute approximate surface area is 91.2 Å². The van der Waals surface area contributed by atoms with Gasteiger partial charge < -0.3 is 9.47 Å². The average Bonchev–Trinajstić information content (AvgIpc) is 2.29. The van der Waals surface area contributed by atoms with Gasteiger partial charge in [-0.05, 0) is 24.6 Å². The van der Waals surface area contributed by atoms with Crippen LogP contribution in [0.2, 0.25) is 0 Å². The van der Waals surface area contributed by atoms with E-state index >= 15 is 0 Å². The van der Waals surface area contributed by atoms with E-state index in [0.717, 1.165) is 29.9 Å². The van der Waals surface area contributed by atoms with E-state index in [0.29, 0.717) is 6.61 Å². The molecule has 0 N–H and O–H groups in total. The first kappa shape index (κ1) is 11.5. The fourth-order valence-electron chi connectivity index (χ4n) is 1.21. The second-order valence-electron chi connectivity index (χ2n) is 3.21. The summed E-state index contributed by atoms with van der Waals surface area (Å²) in [5, 5.41) is 0. The summed E-state index contributed by atoms with van der Waals surface area (Å²) in [4.78, 5) is 0. The van der Waals surface area contributed by atoms with Gasteiger partial charge in [-0.25, -0.2) is 0 Å². The lowest BCUT2D eigenvalue weighted by Crippen LogP contribution is -1.99. The molecule has 0 bridgehead atoms. The third kappa shape index (κ3) is 3.21. The standard InChI is InChI=1S/C13H16O2/c1-4-6-9-15-13-10-11(5-2)7-8-12(13)14-3/h2,7-8,10H,4,6,9H2,1,3H3. The molecule has 0 fully saturated rings. The van der Waals surface area contributed by atoms with Crippen LogP contribution in [-0.2, 0) is 0 Å². The smallest absolute Gasteiger partial charge is 0.162 e. The Kier molecular flexibility index (Phi) is 4.56. The first-order chi connectivity index (χ1) is 7.31. The van der Waals surface area contributed by atoms with E-state index in [2.05, 4.69) is 12.8 Å². The van der Waals surface area contributed by atoms with E-state index in [-0.39, 0.29) is 0 Å². The molecule has 0 aliphatic carbocycles. The number of methoxy groups -OCH3 is 1. The highest BCUT2D eigenvalue weighted by molar-refractivity contribution is 5.47. The molecule has 1 aromatic carbocycles. The molecule has 0 spiro atoms. The maximum absolute atomic E-state index is 5.59. The summed E-state index contributed by atoms with van der Waals surface area (Å²) >= 11 is 0. The molecule has 0 atom stereocenters. The maximum Gasteiger partial charge on any atom is 0.162 e. The van der Waals surface area contributed by atoms with Crippen molar-refractivity contribution in [2.24, 2.45) is 0 Å². The van der Waals surface area contributed by atoms with Crippen LogP contribution in [-0.4, -0.2) is 13.7 Å². The monoisotopic (exact) mass is 204 g/mol. The van der Waals surface area contributed by atoms with Crippen LogP contribution in [0.4, 0.5) is 0 Å². The molecule has 1 rings (SSSR count). The van der Waals surface area contributed by atoms with Gasteiger partial charge in [-0.3, -0.25) is 0 Å². The third-order valence-corrected chi connectivity index (χ3v) is 2.09. The van der Waals surface area contributed by atoms with Crippen LogP contribution in [0.3, 0.4) is 0 Å². The number of rotatable bonds is 5. The van der Waals surface area contributed by atoms with Crippen LogP contribution in [0.5, 0.6) is 11.5 Å². The zero-order valence-electron chi connectivity index (χ0n) is 9.25. The van der Waals surface area contributed by atoms with Gasteiger partial charge in [0.15, 0.2) is 11.5 Å². The van der Waals surface area contributed by atoms with Crippen molar-refractivity contribution in [3.05, 3.63) is 23.8 Å². The van der Waals surface area contributed by atoms with Crippen molar-refractivity contribution in [3.8, 4) is 23.8 Å². The molecule has 2 nitrogen and oxygen atoms in total. The number of benzene rings is 1. The minimum atomic E-state index is 0.695. The van der Waals surface area contributed by atoms with E-state index in [1.165, 1.54) is 0 Å². The number of unbranched alkanes of at least 4 members (excludes halogenated alkanes) is 1. The molecule has 2 heteroatoms. The maximum atomic E-state index is 5.59. The highest BCUT2D eigenvalue weighted by atomic mass is 16.5. The Hall–Kier alpha value is -1.62.